The van der Waals surface area contributed by atoms with Gasteiger partial charge in [0.25, 0.3) is 5.89 Å². The number of hydrogen-bond donors (Lipinski definition) is 0. The van der Waals surface area contributed by atoms with Crippen molar-refractivity contribution in [1.82, 2.24) is 10.1 Å². The lowest BCUT2D eigenvalue weighted by molar-refractivity contribution is 0.242. The molecule has 1 aromatic carbocycles. The number of nitriles is 1. The highest BCUT2D eigenvalue weighted by Crippen LogP contribution is 2.30. The van der Waals surface area contributed by atoms with Crippen LogP contribution < -0.4 is 4.74 Å². The zero-order chi connectivity index (χ0) is 20.0. The van der Waals surface area contributed by atoms with Gasteiger partial charge >= 0.3 is 0 Å². The molecule has 5 nitrogen and oxygen atoms in total. The van der Waals surface area contributed by atoms with E-state index in [4.69, 9.17) is 9.26 Å². The van der Waals surface area contributed by atoms with Crippen LogP contribution >= 0.6 is 0 Å². The molecule has 5 heteroatoms. The van der Waals surface area contributed by atoms with Crippen molar-refractivity contribution >= 4 is 5.57 Å². The first-order valence-electron chi connectivity index (χ1n) is 8.99. The molecule has 0 radical (unpaired) electrons. The number of allylic oxidation sites excluding steroid dienone is 5. The summed E-state index contributed by atoms with van der Waals surface area (Å²) in [6, 6.07) is 7.43. The quantitative estimate of drug-likeness (QED) is 0.589. The molecule has 1 heterocycles. The summed E-state index contributed by atoms with van der Waals surface area (Å²) in [7, 11) is 0. The number of benzene rings is 1. The van der Waals surface area contributed by atoms with Crippen LogP contribution in [0.2, 0.25) is 0 Å². The predicted octanol–water partition coefficient (Wildman–Crippen LogP) is 5.71. The third kappa shape index (κ3) is 4.53. The Morgan fingerprint density at radius 1 is 1.41 bits per heavy atom. The second kappa shape index (κ2) is 9.00. The molecule has 0 aliphatic carbocycles. The molecule has 0 spiro atoms. The van der Waals surface area contributed by atoms with Gasteiger partial charge in [-0.25, -0.2) is 0 Å². The van der Waals surface area contributed by atoms with Crippen LogP contribution in [0.4, 0.5) is 0 Å². The van der Waals surface area contributed by atoms with Gasteiger partial charge in [0, 0.05) is 11.1 Å². The highest BCUT2D eigenvalue weighted by atomic mass is 16.5. The van der Waals surface area contributed by atoms with E-state index in [9.17, 15) is 5.26 Å². The van der Waals surface area contributed by atoms with Gasteiger partial charge in [-0.3, -0.25) is 0 Å². The van der Waals surface area contributed by atoms with Gasteiger partial charge in [0.1, 0.15) is 11.8 Å². The smallest absolute Gasteiger partial charge is 0.258 e. The minimum atomic E-state index is -0.0115. The van der Waals surface area contributed by atoms with Crippen LogP contribution in [0.15, 0.2) is 52.6 Å². The number of nitrogens with zero attached hydrogens (tertiary/aromatic N) is 3. The Morgan fingerprint density at radius 3 is 2.70 bits per heavy atom. The lowest BCUT2D eigenvalue weighted by Gasteiger charge is -2.11. The summed E-state index contributed by atoms with van der Waals surface area (Å²) in [5.74, 6) is 1.43. The van der Waals surface area contributed by atoms with E-state index in [0.29, 0.717) is 28.6 Å². The minimum Gasteiger partial charge on any atom is -0.490 e. The first-order chi connectivity index (χ1) is 12.9. The van der Waals surface area contributed by atoms with Gasteiger partial charge in [0.2, 0.25) is 5.82 Å². The number of aromatic nitrogens is 2. The van der Waals surface area contributed by atoms with Crippen molar-refractivity contribution in [3.8, 4) is 23.3 Å². The van der Waals surface area contributed by atoms with Crippen molar-refractivity contribution in [1.29, 1.82) is 5.26 Å². The van der Waals surface area contributed by atoms with Gasteiger partial charge in [0.05, 0.1) is 11.7 Å². The molecule has 2 rings (SSSR count). The topological polar surface area (TPSA) is 71.9 Å². The molecule has 0 amide bonds. The van der Waals surface area contributed by atoms with Crippen LogP contribution in [-0.2, 0) is 0 Å². The lowest BCUT2D eigenvalue weighted by atomic mass is 9.97. The minimum absolute atomic E-state index is 0.0115. The third-order valence-electron chi connectivity index (χ3n) is 4.13. The van der Waals surface area contributed by atoms with Crippen molar-refractivity contribution in [3.05, 3.63) is 59.5 Å². The normalized spacial score (nSPS) is 12.6. The fourth-order valence-electron chi connectivity index (χ4n) is 2.80. The van der Waals surface area contributed by atoms with E-state index in [1.165, 1.54) is 0 Å². The first-order valence-corrected chi connectivity index (χ1v) is 8.99. The van der Waals surface area contributed by atoms with Crippen molar-refractivity contribution in [2.24, 2.45) is 0 Å². The summed E-state index contributed by atoms with van der Waals surface area (Å²) in [5, 5.41) is 13.5. The largest absolute Gasteiger partial charge is 0.490 e. The van der Waals surface area contributed by atoms with Crippen molar-refractivity contribution in [2.75, 3.05) is 0 Å². The Kier molecular flexibility index (Phi) is 6.73. The molecule has 0 unspecified atom stereocenters. The fourth-order valence-corrected chi connectivity index (χ4v) is 2.80. The third-order valence-corrected chi connectivity index (χ3v) is 4.13. The van der Waals surface area contributed by atoms with Crippen LogP contribution in [0.25, 0.3) is 17.0 Å². The lowest BCUT2D eigenvalue weighted by Crippen LogP contribution is -2.06. The van der Waals surface area contributed by atoms with E-state index in [0.717, 1.165) is 23.1 Å². The molecule has 27 heavy (non-hydrogen) atoms. The Hall–Kier alpha value is -3.13. The highest BCUT2D eigenvalue weighted by Gasteiger charge is 2.17. The average molecular weight is 363 g/mol. The maximum atomic E-state index is 9.41. The molecule has 0 fully saturated rings. The summed E-state index contributed by atoms with van der Waals surface area (Å²) >= 11 is 0. The molecule has 0 saturated heterocycles. The summed E-state index contributed by atoms with van der Waals surface area (Å²) in [6.07, 6.45) is 4.63. The average Bonchev–Trinajstić information content (AvgIpc) is 3.14. The van der Waals surface area contributed by atoms with Crippen LogP contribution in [0, 0.1) is 11.3 Å². The Morgan fingerprint density at radius 2 is 2.15 bits per heavy atom. The van der Waals surface area contributed by atoms with Crippen molar-refractivity contribution < 1.29 is 9.26 Å². The number of ether oxygens (including phenoxy) is 1. The van der Waals surface area contributed by atoms with E-state index >= 15 is 0 Å². The fraction of sp³-hybridized carbons (Fsp3) is 0.318. The van der Waals surface area contributed by atoms with Gasteiger partial charge in [-0.1, -0.05) is 30.8 Å². The van der Waals surface area contributed by atoms with Crippen molar-refractivity contribution in [2.45, 2.75) is 47.1 Å². The molecule has 0 aliphatic rings. The predicted molar refractivity (Wildman–Crippen MR) is 107 cm³/mol. The van der Waals surface area contributed by atoms with Crippen molar-refractivity contribution in [3.63, 3.8) is 0 Å². The van der Waals surface area contributed by atoms with Gasteiger partial charge in [-0.2, -0.15) is 10.2 Å². The van der Waals surface area contributed by atoms with Gasteiger partial charge in [-0.05, 0) is 63.5 Å². The zero-order valence-corrected chi connectivity index (χ0v) is 16.5. The van der Waals surface area contributed by atoms with E-state index < -0.39 is 0 Å². The summed E-state index contributed by atoms with van der Waals surface area (Å²) in [6.45, 7) is 13.7. The van der Waals surface area contributed by atoms with E-state index in [1.807, 2.05) is 45.9 Å². The molecule has 0 bridgehead atoms. The maximum Gasteiger partial charge on any atom is 0.258 e. The molecular formula is C22H25N3O2. The van der Waals surface area contributed by atoms with Gasteiger partial charge < -0.3 is 9.26 Å². The van der Waals surface area contributed by atoms with Crippen LogP contribution in [-0.4, -0.2) is 16.2 Å². The first kappa shape index (κ1) is 20.2. The maximum absolute atomic E-state index is 9.41. The van der Waals surface area contributed by atoms with Crippen LogP contribution in [0.3, 0.4) is 0 Å². The molecule has 140 valence electrons. The van der Waals surface area contributed by atoms with E-state index in [2.05, 4.69) is 29.7 Å². The Bertz CT molecular complexity index is 927. The highest BCUT2D eigenvalue weighted by molar-refractivity contribution is 5.77. The second-order valence-corrected chi connectivity index (χ2v) is 6.33. The molecule has 0 saturated carbocycles. The molecule has 1 aromatic heterocycles. The SMILES string of the molecule is C=C/C(C)=C(CC)\C(=C/C)c1noc(-c2ccc(OC(C)C)c(C#N)c2)n1. The van der Waals surface area contributed by atoms with Gasteiger partial charge in [0.15, 0.2) is 0 Å². The van der Waals surface area contributed by atoms with E-state index in [-0.39, 0.29) is 6.10 Å². The zero-order valence-electron chi connectivity index (χ0n) is 16.5. The number of hydrogen-bond acceptors (Lipinski definition) is 5. The Labute approximate surface area is 160 Å². The summed E-state index contributed by atoms with van der Waals surface area (Å²) < 4.78 is 11.1. The Balaban J connectivity index is 2.43. The molecule has 0 N–H and O–H groups in total. The van der Waals surface area contributed by atoms with Gasteiger partial charge in [-0.15, -0.1) is 0 Å². The molecular weight excluding hydrogens is 338 g/mol. The monoisotopic (exact) mass is 363 g/mol. The van der Waals surface area contributed by atoms with E-state index in [1.54, 1.807) is 12.1 Å². The molecule has 2 aromatic rings. The molecule has 0 aliphatic heterocycles. The summed E-state index contributed by atoms with van der Waals surface area (Å²) in [5.41, 5.74) is 4.24. The standard InChI is InChI=1S/C22H25N3O2/c1-7-15(6)18(8-2)19(9-3)21-24-22(27-25-21)16-10-11-20(26-14(4)5)17(12-16)13-23/h7,9-12,14H,1,8H2,2-6H3/b18-15-,19-9+. The molecule has 0 atom stereocenters. The summed E-state index contributed by atoms with van der Waals surface area (Å²) in [4.78, 5) is 4.54. The van der Waals surface area contributed by atoms with Crippen LogP contribution in [0.5, 0.6) is 5.75 Å². The number of rotatable bonds is 7. The second-order valence-electron chi connectivity index (χ2n) is 6.33. The van der Waals surface area contributed by atoms with Crippen LogP contribution in [0.1, 0.15) is 52.4 Å².